The Balaban J connectivity index is 1.74. The van der Waals surface area contributed by atoms with Crippen LogP contribution in [0.2, 0.25) is 0 Å². The maximum Gasteiger partial charge on any atom is 0.302 e. The number of H-pyrrole nitrogens is 1. The van der Waals surface area contributed by atoms with E-state index in [4.69, 9.17) is 9.15 Å². The first-order valence-corrected chi connectivity index (χ1v) is 12.0. The zero-order valence-corrected chi connectivity index (χ0v) is 21.7. The van der Waals surface area contributed by atoms with Gasteiger partial charge in [-0.3, -0.25) is 14.5 Å². The molecular formula is C29H29N3O5. The number of nitrogens with zero attached hydrogens (tertiary/aromatic N) is 2. The molecule has 190 valence electrons. The van der Waals surface area contributed by atoms with Crippen LogP contribution in [0.1, 0.15) is 54.8 Å². The van der Waals surface area contributed by atoms with Gasteiger partial charge in [-0.1, -0.05) is 26.8 Å². The number of carbonyl (C=O) groups is 2. The van der Waals surface area contributed by atoms with Crippen molar-refractivity contribution in [1.29, 1.82) is 0 Å². The minimum atomic E-state index is -1.03. The second-order valence-corrected chi connectivity index (χ2v) is 10.4. The molecule has 0 radical (unpaired) electrons. The first-order valence-electron chi connectivity index (χ1n) is 12.0. The van der Waals surface area contributed by atoms with Gasteiger partial charge in [0.25, 0.3) is 5.78 Å². The van der Waals surface area contributed by atoms with Gasteiger partial charge in [-0.2, -0.15) is 0 Å². The van der Waals surface area contributed by atoms with Gasteiger partial charge >= 0.3 is 5.91 Å². The topological polar surface area (TPSA) is 109 Å². The zero-order chi connectivity index (χ0) is 26.6. The average Bonchev–Trinajstić information content (AvgIpc) is 3.57. The molecule has 0 bridgehead atoms. The number of aliphatic hydroxyl groups excluding tert-OH is 1. The molecule has 1 aliphatic heterocycles. The number of ether oxygens (including phenoxy) is 1. The van der Waals surface area contributed by atoms with E-state index in [1.54, 1.807) is 24.3 Å². The van der Waals surface area contributed by atoms with Crippen LogP contribution in [0.5, 0.6) is 5.75 Å². The Morgan fingerprint density at radius 2 is 1.84 bits per heavy atom. The number of hydrogen-bond acceptors (Lipinski definition) is 6. The summed E-state index contributed by atoms with van der Waals surface area (Å²) in [6.07, 6.45) is 1.46. The molecule has 5 rings (SSSR count). The maximum absolute atomic E-state index is 13.5. The fraction of sp³-hybridized carbons (Fsp3) is 0.276. The van der Waals surface area contributed by atoms with Crippen LogP contribution in [0.3, 0.4) is 0 Å². The van der Waals surface area contributed by atoms with E-state index in [-0.39, 0.29) is 22.7 Å². The first-order chi connectivity index (χ1) is 17.5. The van der Waals surface area contributed by atoms with Crippen molar-refractivity contribution in [2.75, 3.05) is 12.0 Å². The predicted octanol–water partition coefficient (Wildman–Crippen LogP) is 5.71. The maximum atomic E-state index is 13.5. The number of amides is 1. The van der Waals surface area contributed by atoms with E-state index in [1.165, 1.54) is 18.3 Å². The van der Waals surface area contributed by atoms with Crippen molar-refractivity contribution < 1.29 is 23.8 Å². The van der Waals surface area contributed by atoms with Crippen molar-refractivity contribution in [2.24, 2.45) is 0 Å². The van der Waals surface area contributed by atoms with Gasteiger partial charge in [0.2, 0.25) is 5.95 Å². The van der Waals surface area contributed by atoms with Crippen LogP contribution in [0, 0.1) is 13.8 Å². The third-order valence-electron chi connectivity index (χ3n) is 6.89. The van der Waals surface area contributed by atoms with Crippen LogP contribution < -0.4 is 9.64 Å². The minimum absolute atomic E-state index is 0.0999. The van der Waals surface area contributed by atoms with Crippen LogP contribution >= 0.6 is 0 Å². The van der Waals surface area contributed by atoms with E-state index in [0.29, 0.717) is 22.6 Å². The fourth-order valence-corrected chi connectivity index (χ4v) is 4.64. The molecule has 1 aliphatic rings. The Morgan fingerprint density at radius 3 is 2.49 bits per heavy atom. The lowest BCUT2D eigenvalue weighted by Gasteiger charge is -2.23. The molecule has 1 amide bonds. The number of aliphatic hydroxyl groups is 1. The van der Waals surface area contributed by atoms with E-state index < -0.39 is 17.7 Å². The monoisotopic (exact) mass is 499 g/mol. The molecule has 2 aromatic carbocycles. The molecule has 1 atom stereocenters. The zero-order valence-electron chi connectivity index (χ0n) is 21.7. The number of furan rings is 1. The summed E-state index contributed by atoms with van der Waals surface area (Å²) in [7, 11) is 1.49. The summed E-state index contributed by atoms with van der Waals surface area (Å²) < 4.78 is 11.2. The molecule has 4 aromatic rings. The molecule has 1 saturated heterocycles. The van der Waals surface area contributed by atoms with Crippen molar-refractivity contribution in [3.63, 3.8) is 0 Å². The number of aryl methyl sites for hydroxylation is 2. The second-order valence-electron chi connectivity index (χ2n) is 10.4. The number of carbonyl (C=O) groups excluding carboxylic acids is 2. The highest BCUT2D eigenvalue weighted by Gasteiger charge is 2.49. The number of methoxy groups -OCH3 is 1. The lowest BCUT2D eigenvalue weighted by Crippen LogP contribution is -2.30. The van der Waals surface area contributed by atoms with Crippen LogP contribution in [0.25, 0.3) is 16.8 Å². The highest BCUT2D eigenvalue weighted by atomic mass is 16.5. The summed E-state index contributed by atoms with van der Waals surface area (Å²) in [5.74, 6) is -1.11. The van der Waals surface area contributed by atoms with Crippen LogP contribution in [0.4, 0.5) is 5.95 Å². The molecule has 0 spiro atoms. The number of Topliss-reactive ketones (excluding diaryl/α,β-unsaturated/α-hetero) is 1. The SMILES string of the molecule is COc1ccc(C(C)(C)C)cc1/C(O)=C1\C(=O)C(=O)N(c2nc3cc(C)c(C)cc3[nH]2)C1c1ccco1. The van der Waals surface area contributed by atoms with Crippen molar-refractivity contribution in [3.05, 3.63) is 82.3 Å². The highest BCUT2D eigenvalue weighted by Crippen LogP contribution is 2.43. The van der Waals surface area contributed by atoms with Crippen molar-refractivity contribution in [1.82, 2.24) is 9.97 Å². The molecule has 3 heterocycles. The predicted molar refractivity (Wildman–Crippen MR) is 141 cm³/mol. The van der Waals surface area contributed by atoms with Crippen LogP contribution in [0.15, 0.2) is 58.7 Å². The highest BCUT2D eigenvalue weighted by molar-refractivity contribution is 6.51. The van der Waals surface area contributed by atoms with Crippen LogP contribution in [-0.4, -0.2) is 33.9 Å². The molecule has 8 nitrogen and oxygen atoms in total. The molecule has 1 unspecified atom stereocenters. The average molecular weight is 500 g/mol. The Kier molecular flexibility index (Phi) is 5.70. The van der Waals surface area contributed by atoms with E-state index in [2.05, 4.69) is 9.97 Å². The van der Waals surface area contributed by atoms with E-state index in [0.717, 1.165) is 22.2 Å². The quantitative estimate of drug-likeness (QED) is 0.212. The smallest absolute Gasteiger partial charge is 0.302 e. The van der Waals surface area contributed by atoms with E-state index in [9.17, 15) is 14.7 Å². The van der Waals surface area contributed by atoms with Gasteiger partial charge in [0.1, 0.15) is 23.3 Å². The first kappa shape index (κ1) is 24.4. The number of nitrogens with one attached hydrogen (secondary N) is 1. The minimum Gasteiger partial charge on any atom is -0.507 e. The number of anilines is 1. The molecule has 2 aromatic heterocycles. The summed E-state index contributed by atoms with van der Waals surface area (Å²) in [6.45, 7) is 10.1. The number of benzene rings is 2. The van der Waals surface area contributed by atoms with E-state index >= 15 is 0 Å². The molecule has 0 aliphatic carbocycles. The number of hydrogen-bond donors (Lipinski definition) is 2. The fourth-order valence-electron chi connectivity index (χ4n) is 4.64. The normalized spacial score (nSPS) is 17.7. The number of rotatable bonds is 4. The largest absolute Gasteiger partial charge is 0.507 e. The summed E-state index contributed by atoms with van der Waals surface area (Å²) in [5, 5.41) is 11.6. The summed E-state index contributed by atoms with van der Waals surface area (Å²) in [6, 6.07) is 11.6. The molecule has 8 heteroatoms. The Hall–Kier alpha value is -4.33. The number of aromatic amines is 1. The number of ketones is 1. The van der Waals surface area contributed by atoms with Crippen molar-refractivity contribution in [3.8, 4) is 5.75 Å². The lowest BCUT2D eigenvalue weighted by molar-refractivity contribution is -0.132. The second kappa shape index (κ2) is 8.65. The van der Waals surface area contributed by atoms with Crippen LogP contribution in [-0.2, 0) is 15.0 Å². The molecule has 2 N–H and O–H groups in total. The van der Waals surface area contributed by atoms with Gasteiger partial charge in [0, 0.05) is 0 Å². The molecular weight excluding hydrogens is 470 g/mol. The number of fused-ring (bicyclic) bond motifs is 1. The van der Waals surface area contributed by atoms with Gasteiger partial charge in [0.15, 0.2) is 0 Å². The standard InChI is InChI=1S/C29H29N3O5/c1-15-12-19-20(13-16(15)2)31-28(30-19)32-24(22-8-7-11-37-22)23(26(34)27(32)35)25(33)18-14-17(29(3,4)5)9-10-21(18)36-6/h7-14,24,33H,1-6H3,(H,30,31)/b25-23+. The Bertz CT molecular complexity index is 1530. The molecule has 0 saturated carbocycles. The number of aromatic nitrogens is 2. The number of imidazole rings is 1. The van der Waals surface area contributed by atoms with Crippen molar-refractivity contribution in [2.45, 2.75) is 46.1 Å². The van der Waals surface area contributed by atoms with Crippen molar-refractivity contribution >= 4 is 34.4 Å². The Morgan fingerprint density at radius 1 is 1.11 bits per heavy atom. The van der Waals surface area contributed by atoms with Gasteiger partial charge in [0.05, 0.1) is 35.5 Å². The Labute approximate surface area is 214 Å². The van der Waals surface area contributed by atoms with Gasteiger partial charge in [-0.05, 0) is 72.4 Å². The van der Waals surface area contributed by atoms with Gasteiger partial charge < -0.3 is 19.2 Å². The lowest BCUT2D eigenvalue weighted by atomic mass is 9.85. The summed E-state index contributed by atoms with van der Waals surface area (Å²) in [4.78, 5) is 36.0. The van der Waals surface area contributed by atoms with E-state index in [1.807, 2.05) is 52.8 Å². The third kappa shape index (κ3) is 3.98. The van der Waals surface area contributed by atoms with Gasteiger partial charge in [-0.25, -0.2) is 4.98 Å². The third-order valence-corrected chi connectivity index (χ3v) is 6.89. The summed E-state index contributed by atoms with van der Waals surface area (Å²) >= 11 is 0. The summed E-state index contributed by atoms with van der Waals surface area (Å²) in [5.41, 5.74) is 4.45. The molecule has 37 heavy (non-hydrogen) atoms. The van der Waals surface area contributed by atoms with Gasteiger partial charge in [-0.15, -0.1) is 0 Å². The molecule has 1 fully saturated rings.